The zero-order valence-electron chi connectivity index (χ0n) is 15.2. The standard InChI is InChI=1S/C21H18ClNO5/c1-2-3-8-19(25)28-11-18(24)23-17-10-15-14(9-16(17)22)20(26)12-6-4-5-7-13(12)21(15)27/h4-7,9-10H,2-3,8,11H2,1H3,(H,23,24). The average Bonchev–Trinajstić information content (AvgIpc) is 2.70. The van der Waals surface area contributed by atoms with Crippen LogP contribution in [0.15, 0.2) is 36.4 Å². The van der Waals surface area contributed by atoms with Gasteiger partial charge >= 0.3 is 5.97 Å². The maximum Gasteiger partial charge on any atom is 0.306 e. The van der Waals surface area contributed by atoms with E-state index in [1.807, 2.05) is 6.92 Å². The van der Waals surface area contributed by atoms with Crippen LogP contribution in [0.25, 0.3) is 0 Å². The molecular formula is C21H18ClNO5. The van der Waals surface area contributed by atoms with Gasteiger partial charge in [0.15, 0.2) is 18.2 Å². The molecule has 0 atom stereocenters. The van der Waals surface area contributed by atoms with Gasteiger partial charge in [-0.15, -0.1) is 0 Å². The van der Waals surface area contributed by atoms with E-state index in [0.717, 1.165) is 6.42 Å². The molecule has 1 N–H and O–H groups in total. The van der Waals surface area contributed by atoms with E-state index in [1.54, 1.807) is 24.3 Å². The molecule has 144 valence electrons. The second-order valence-corrected chi connectivity index (χ2v) is 6.80. The smallest absolute Gasteiger partial charge is 0.306 e. The number of carbonyl (C=O) groups excluding carboxylic acids is 4. The summed E-state index contributed by atoms with van der Waals surface area (Å²) in [5, 5.41) is 2.64. The summed E-state index contributed by atoms with van der Waals surface area (Å²) in [7, 11) is 0. The highest BCUT2D eigenvalue weighted by Crippen LogP contribution is 2.33. The lowest BCUT2D eigenvalue weighted by molar-refractivity contribution is -0.147. The fourth-order valence-corrected chi connectivity index (χ4v) is 3.15. The molecular weight excluding hydrogens is 382 g/mol. The number of halogens is 1. The minimum atomic E-state index is -0.582. The monoisotopic (exact) mass is 399 g/mol. The van der Waals surface area contributed by atoms with Gasteiger partial charge in [-0.25, -0.2) is 0 Å². The maximum atomic E-state index is 12.7. The lowest BCUT2D eigenvalue weighted by Gasteiger charge is -2.19. The Balaban J connectivity index is 1.78. The Morgan fingerprint density at radius 1 is 1.00 bits per heavy atom. The zero-order valence-corrected chi connectivity index (χ0v) is 16.0. The van der Waals surface area contributed by atoms with E-state index in [2.05, 4.69) is 5.32 Å². The molecule has 0 unspecified atom stereocenters. The van der Waals surface area contributed by atoms with Gasteiger partial charge in [-0.2, -0.15) is 0 Å². The summed E-state index contributed by atoms with van der Waals surface area (Å²) in [6, 6.07) is 9.30. The second-order valence-electron chi connectivity index (χ2n) is 6.39. The third kappa shape index (κ3) is 3.97. The van der Waals surface area contributed by atoms with E-state index in [4.69, 9.17) is 16.3 Å². The van der Waals surface area contributed by atoms with E-state index in [-0.39, 0.29) is 39.8 Å². The van der Waals surface area contributed by atoms with E-state index in [0.29, 0.717) is 17.5 Å². The number of ketones is 2. The molecule has 1 aliphatic carbocycles. The van der Waals surface area contributed by atoms with Gasteiger partial charge in [0.05, 0.1) is 10.7 Å². The van der Waals surface area contributed by atoms with E-state index in [9.17, 15) is 19.2 Å². The Morgan fingerprint density at radius 2 is 1.61 bits per heavy atom. The number of hydrogen-bond donors (Lipinski definition) is 1. The number of anilines is 1. The highest BCUT2D eigenvalue weighted by molar-refractivity contribution is 6.36. The molecule has 0 heterocycles. The van der Waals surface area contributed by atoms with Gasteiger partial charge in [-0.3, -0.25) is 19.2 Å². The highest BCUT2D eigenvalue weighted by Gasteiger charge is 2.30. The van der Waals surface area contributed by atoms with Crippen molar-refractivity contribution >= 4 is 40.7 Å². The summed E-state index contributed by atoms with van der Waals surface area (Å²) in [6.07, 6.45) is 1.79. The van der Waals surface area contributed by atoms with Crippen molar-refractivity contribution < 1.29 is 23.9 Å². The Hall–Kier alpha value is -2.99. The topological polar surface area (TPSA) is 89.5 Å². The number of rotatable bonds is 6. The summed E-state index contributed by atoms with van der Waals surface area (Å²) < 4.78 is 4.90. The molecule has 28 heavy (non-hydrogen) atoms. The minimum Gasteiger partial charge on any atom is -0.456 e. The second kappa shape index (κ2) is 8.35. The number of benzene rings is 2. The minimum absolute atomic E-state index is 0.116. The molecule has 0 saturated heterocycles. The Bertz CT molecular complexity index is 983. The predicted octanol–water partition coefficient (Wildman–Crippen LogP) is 3.79. The Morgan fingerprint density at radius 3 is 2.21 bits per heavy atom. The number of carbonyl (C=O) groups is 4. The average molecular weight is 400 g/mol. The van der Waals surface area contributed by atoms with E-state index in [1.165, 1.54) is 12.1 Å². The molecule has 0 spiro atoms. The van der Waals surface area contributed by atoms with Gasteiger partial charge in [0, 0.05) is 28.7 Å². The van der Waals surface area contributed by atoms with Crippen molar-refractivity contribution in [1.82, 2.24) is 0 Å². The van der Waals surface area contributed by atoms with Gasteiger partial charge in [-0.05, 0) is 18.6 Å². The molecule has 1 aliphatic rings. The molecule has 2 aromatic carbocycles. The lowest BCUT2D eigenvalue weighted by Crippen LogP contribution is -2.23. The first-order valence-corrected chi connectivity index (χ1v) is 9.27. The molecule has 7 heteroatoms. The van der Waals surface area contributed by atoms with Crippen LogP contribution < -0.4 is 5.32 Å². The SMILES string of the molecule is CCCCC(=O)OCC(=O)Nc1cc2c(cc1Cl)C(=O)c1ccccc1C2=O. The first-order chi connectivity index (χ1) is 13.4. The van der Waals surface area contributed by atoms with Crippen molar-refractivity contribution in [2.24, 2.45) is 0 Å². The Labute approximate surface area is 166 Å². The number of esters is 1. The first-order valence-electron chi connectivity index (χ1n) is 8.89. The highest BCUT2D eigenvalue weighted by atomic mass is 35.5. The van der Waals surface area contributed by atoms with Gasteiger partial charge in [0.1, 0.15) is 0 Å². The molecule has 0 aromatic heterocycles. The summed E-state index contributed by atoms with van der Waals surface area (Å²) in [4.78, 5) is 48.9. The van der Waals surface area contributed by atoms with Crippen LogP contribution in [0.4, 0.5) is 5.69 Å². The maximum absolute atomic E-state index is 12.7. The fourth-order valence-electron chi connectivity index (χ4n) is 2.94. The third-order valence-electron chi connectivity index (χ3n) is 4.39. The van der Waals surface area contributed by atoms with Crippen LogP contribution >= 0.6 is 11.6 Å². The van der Waals surface area contributed by atoms with Gasteiger partial charge in [0.2, 0.25) is 0 Å². The molecule has 3 rings (SSSR count). The number of nitrogens with one attached hydrogen (secondary N) is 1. The van der Waals surface area contributed by atoms with Gasteiger partial charge < -0.3 is 10.1 Å². The summed E-state index contributed by atoms with van der Waals surface area (Å²) >= 11 is 6.19. The number of unbranched alkanes of at least 4 members (excludes halogenated alkanes) is 1. The van der Waals surface area contributed by atoms with Crippen LogP contribution in [0.2, 0.25) is 5.02 Å². The van der Waals surface area contributed by atoms with Gasteiger partial charge in [-0.1, -0.05) is 49.2 Å². The molecule has 0 saturated carbocycles. The Kier molecular flexibility index (Phi) is 5.90. The van der Waals surface area contributed by atoms with E-state index < -0.39 is 18.5 Å². The third-order valence-corrected chi connectivity index (χ3v) is 4.70. The van der Waals surface area contributed by atoms with Crippen molar-refractivity contribution in [2.45, 2.75) is 26.2 Å². The van der Waals surface area contributed by atoms with Crippen molar-refractivity contribution in [3.05, 3.63) is 63.7 Å². The predicted molar refractivity (Wildman–Crippen MR) is 104 cm³/mol. The first kappa shape index (κ1) is 19.8. The van der Waals surface area contributed by atoms with Crippen molar-refractivity contribution in [3.8, 4) is 0 Å². The van der Waals surface area contributed by atoms with E-state index >= 15 is 0 Å². The van der Waals surface area contributed by atoms with Crippen molar-refractivity contribution in [2.75, 3.05) is 11.9 Å². The van der Waals surface area contributed by atoms with Crippen molar-refractivity contribution in [3.63, 3.8) is 0 Å². The quantitative estimate of drug-likeness (QED) is 0.637. The van der Waals surface area contributed by atoms with Gasteiger partial charge in [0.25, 0.3) is 5.91 Å². The van der Waals surface area contributed by atoms with Crippen LogP contribution in [0.1, 0.15) is 58.0 Å². The number of amides is 1. The molecule has 2 aromatic rings. The fraction of sp³-hybridized carbons (Fsp3) is 0.238. The lowest BCUT2D eigenvalue weighted by atomic mass is 9.84. The van der Waals surface area contributed by atoms with Crippen LogP contribution in [0.3, 0.4) is 0 Å². The summed E-state index contributed by atoms with van der Waals surface area (Å²) in [5.41, 5.74) is 1.17. The van der Waals surface area contributed by atoms with Crippen LogP contribution in [-0.2, 0) is 14.3 Å². The summed E-state index contributed by atoms with van der Waals surface area (Å²) in [6.45, 7) is 1.49. The summed E-state index contributed by atoms with van der Waals surface area (Å²) in [5.74, 6) is -1.65. The number of fused-ring (bicyclic) bond motifs is 2. The van der Waals surface area contributed by atoms with Crippen molar-refractivity contribution in [1.29, 1.82) is 0 Å². The molecule has 0 bridgehead atoms. The number of ether oxygens (including phenoxy) is 1. The van der Waals surface area contributed by atoms with Crippen LogP contribution in [-0.4, -0.2) is 30.0 Å². The molecule has 1 amide bonds. The molecule has 0 radical (unpaired) electrons. The van der Waals surface area contributed by atoms with Crippen LogP contribution in [0.5, 0.6) is 0 Å². The zero-order chi connectivity index (χ0) is 20.3. The number of hydrogen-bond acceptors (Lipinski definition) is 5. The molecule has 6 nitrogen and oxygen atoms in total. The normalized spacial score (nSPS) is 12.2. The molecule has 0 fully saturated rings. The largest absolute Gasteiger partial charge is 0.456 e. The molecule has 0 aliphatic heterocycles. The van der Waals surface area contributed by atoms with Crippen LogP contribution in [0, 0.1) is 0 Å².